The molecule has 1 aromatic carbocycles. The Morgan fingerprint density at radius 3 is 2.46 bits per heavy atom. The molecule has 0 fully saturated rings. The molecule has 0 saturated heterocycles. The van der Waals surface area contributed by atoms with Gasteiger partial charge in [0.25, 0.3) is 0 Å². The molecule has 1 aromatic rings. The van der Waals surface area contributed by atoms with Crippen molar-refractivity contribution in [3.05, 3.63) is 12.1 Å². The molecule has 0 bridgehead atoms. The van der Waals surface area contributed by atoms with Gasteiger partial charge >= 0.3 is 0 Å². The molecular weight excluding hydrogens is 168 g/mol. The molecule has 0 heterocycles. The Kier molecular flexibility index (Phi) is 2.81. The number of anilines is 4. The van der Waals surface area contributed by atoms with Crippen LogP contribution in [0.3, 0.4) is 0 Å². The lowest BCUT2D eigenvalue weighted by molar-refractivity contribution is 0.311. The molecule has 8 N–H and O–H groups in total. The maximum absolute atomic E-state index is 8.58. The van der Waals surface area contributed by atoms with Gasteiger partial charge in [0, 0.05) is 6.54 Å². The highest BCUT2D eigenvalue weighted by molar-refractivity contribution is 5.86. The van der Waals surface area contributed by atoms with Crippen LogP contribution in [-0.4, -0.2) is 18.3 Å². The topological polar surface area (TPSA) is 110 Å². The van der Waals surface area contributed by atoms with Crippen molar-refractivity contribution in [2.45, 2.75) is 0 Å². The van der Waals surface area contributed by atoms with Crippen molar-refractivity contribution in [1.29, 1.82) is 0 Å². The summed E-state index contributed by atoms with van der Waals surface area (Å²) in [6.07, 6.45) is 0. The normalized spacial score (nSPS) is 9.92. The van der Waals surface area contributed by atoms with E-state index in [4.69, 9.17) is 22.3 Å². The van der Waals surface area contributed by atoms with E-state index >= 15 is 0 Å². The van der Waals surface area contributed by atoms with Gasteiger partial charge in [0.1, 0.15) is 0 Å². The van der Waals surface area contributed by atoms with Gasteiger partial charge in [0.15, 0.2) is 0 Å². The summed E-state index contributed by atoms with van der Waals surface area (Å²) in [5, 5.41) is 11.5. The molecule has 5 heteroatoms. The van der Waals surface area contributed by atoms with Crippen LogP contribution in [0, 0.1) is 0 Å². The van der Waals surface area contributed by atoms with E-state index in [-0.39, 0.29) is 6.61 Å². The van der Waals surface area contributed by atoms with Crippen LogP contribution in [0.25, 0.3) is 0 Å². The Balaban J connectivity index is 2.90. The summed E-state index contributed by atoms with van der Waals surface area (Å²) >= 11 is 0. The molecule has 0 aliphatic rings. The first kappa shape index (κ1) is 9.47. The largest absolute Gasteiger partial charge is 0.397 e. The molecule has 1 rings (SSSR count). The van der Waals surface area contributed by atoms with Crippen molar-refractivity contribution < 1.29 is 5.11 Å². The Morgan fingerprint density at radius 2 is 1.85 bits per heavy atom. The lowest BCUT2D eigenvalue weighted by atomic mass is 10.2. The molecule has 0 aromatic heterocycles. The number of aliphatic hydroxyl groups is 1. The zero-order valence-corrected chi connectivity index (χ0v) is 7.25. The molecule has 0 unspecified atom stereocenters. The average molecular weight is 182 g/mol. The predicted octanol–water partition coefficient (Wildman–Crippen LogP) is -0.163. The van der Waals surface area contributed by atoms with E-state index in [1.165, 1.54) is 0 Å². The number of nitrogens with two attached hydrogens (primary N) is 3. The summed E-state index contributed by atoms with van der Waals surface area (Å²) in [5.74, 6) is 0. The van der Waals surface area contributed by atoms with Crippen molar-refractivity contribution in [2.24, 2.45) is 0 Å². The van der Waals surface area contributed by atoms with Crippen molar-refractivity contribution in [2.75, 3.05) is 35.7 Å². The average Bonchev–Trinajstić information content (AvgIpc) is 2.13. The zero-order valence-electron chi connectivity index (χ0n) is 7.25. The van der Waals surface area contributed by atoms with E-state index < -0.39 is 0 Å². The highest BCUT2D eigenvalue weighted by Gasteiger charge is 2.04. The number of rotatable bonds is 3. The van der Waals surface area contributed by atoms with Crippen LogP contribution in [0.5, 0.6) is 0 Å². The molecule has 13 heavy (non-hydrogen) atoms. The first-order valence-electron chi connectivity index (χ1n) is 3.95. The number of nitrogen functional groups attached to an aromatic ring is 3. The van der Waals surface area contributed by atoms with Gasteiger partial charge in [-0.05, 0) is 12.1 Å². The second kappa shape index (κ2) is 3.86. The third kappa shape index (κ3) is 1.94. The number of aliphatic hydroxyl groups excluding tert-OH is 1. The maximum atomic E-state index is 8.58. The fourth-order valence-electron chi connectivity index (χ4n) is 0.998. The van der Waals surface area contributed by atoms with E-state index in [1.807, 2.05) is 0 Å². The smallest absolute Gasteiger partial charge is 0.0804 e. The summed E-state index contributed by atoms with van der Waals surface area (Å²) < 4.78 is 0. The Hall–Kier alpha value is -1.62. The Morgan fingerprint density at radius 1 is 1.15 bits per heavy atom. The van der Waals surface area contributed by atoms with E-state index in [9.17, 15) is 0 Å². The van der Waals surface area contributed by atoms with Crippen LogP contribution in [0.2, 0.25) is 0 Å². The molecule has 72 valence electrons. The first-order chi connectivity index (χ1) is 6.16. The van der Waals surface area contributed by atoms with E-state index in [0.29, 0.717) is 29.3 Å². The van der Waals surface area contributed by atoms with E-state index in [2.05, 4.69) is 5.32 Å². The summed E-state index contributed by atoms with van der Waals surface area (Å²) in [6, 6.07) is 3.40. The summed E-state index contributed by atoms with van der Waals surface area (Å²) in [4.78, 5) is 0. The van der Waals surface area contributed by atoms with Gasteiger partial charge < -0.3 is 27.6 Å². The summed E-state index contributed by atoms with van der Waals surface area (Å²) in [5.41, 5.74) is 18.8. The molecule has 0 saturated carbocycles. The van der Waals surface area contributed by atoms with Gasteiger partial charge in [-0.25, -0.2) is 0 Å². The van der Waals surface area contributed by atoms with Crippen LogP contribution in [0.4, 0.5) is 22.7 Å². The van der Waals surface area contributed by atoms with Gasteiger partial charge in [0.05, 0.1) is 29.4 Å². The molecule has 0 aliphatic carbocycles. The fraction of sp³-hybridized carbons (Fsp3) is 0.250. The van der Waals surface area contributed by atoms with Crippen LogP contribution >= 0.6 is 0 Å². The zero-order chi connectivity index (χ0) is 9.84. The van der Waals surface area contributed by atoms with Gasteiger partial charge in [-0.1, -0.05) is 0 Å². The van der Waals surface area contributed by atoms with Crippen molar-refractivity contribution in [1.82, 2.24) is 0 Å². The minimum Gasteiger partial charge on any atom is -0.397 e. The molecule has 0 aliphatic heterocycles. The predicted molar refractivity (Wildman–Crippen MR) is 55.3 cm³/mol. The molecular formula is C8H14N4O. The second-order valence-corrected chi connectivity index (χ2v) is 2.68. The van der Waals surface area contributed by atoms with Crippen LogP contribution in [0.15, 0.2) is 12.1 Å². The number of nitrogens with one attached hydrogen (secondary N) is 1. The monoisotopic (exact) mass is 182 g/mol. The van der Waals surface area contributed by atoms with E-state index in [0.717, 1.165) is 0 Å². The second-order valence-electron chi connectivity index (χ2n) is 2.68. The summed E-state index contributed by atoms with van der Waals surface area (Å²) in [7, 11) is 0. The molecule has 0 atom stereocenters. The summed E-state index contributed by atoms with van der Waals surface area (Å²) in [6.45, 7) is 0.483. The molecule has 0 amide bonds. The van der Waals surface area contributed by atoms with Crippen molar-refractivity contribution in [3.63, 3.8) is 0 Å². The molecule has 5 nitrogen and oxygen atoms in total. The van der Waals surface area contributed by atoms with Gasteiger partial charge in [0.2, 0.25) is 0 Å². The van der Waals surface area contributed by atoms with Crippen molar-refractivity contribution >= 4 is 22.7 Å². The van der Waals surface area contributed by atoms with E-state index in [1.54, 1.807) is 12.1 Å². The van der Waals surface area contributed by atoms with Gasteiger partial charge in [-0.15, -0.1) is 0 Å². The van der Waals surface area contributed by atoms with Crippen molar-refractivity contribution in [3.8, 4) is 0 Å². The van der Waals surface area contributed by atoms with Crippen LogP contribution in [0.1, 0.15) is 0 Å². The lowest BCUT2D eigenvalue weighted by Crippen LogP contribution is -2.09. The highest BCUT2D eigenvalue weighted by Crippen LogP contribution is 2.29. The van der Waals surface area contributed by atoms with Gasteiger partial charge in [-0.3, -0.25) is 0 Å². The lowest BCUT2D eigenvalue weighted by Gasteiger charge is -2.11. The first-order valence-corrected chi connectivity index (χ1v) is 3.95. The van der Waals surface area contributed by atoms with Crippen LogP contribution < -0.4 is 22.5 Å². The molecule has 0 radical (unpaired) electrons. The Labute approximate surface area is 76.5 Å². The fourth-order valence-corrected chi connectivity index (χ4v) is 0.998. The minimum atomic E-state index is 0.0454. The number of hydrogen-bond donors (Lipinski definition) is 5. The minimum absolute atomic E-state index is 0.0454. The Bertz CT molecular complexity index is 300. The standard InChI is InChI=1S/C8H14N4O/c9-5-1-2-6(12-3-4-13)8(11)7(5)10/h1-2,12-13H,3-4,9-11H2. The number of benzene rings is 1. The molecule has 0 spiro atoms. The third-order valence-electron chi connectivity index (χ3n) is 1.75. The third-order valence-corrected chi connectivity index (χ3v) is 1.75. The number of hydrogen-bond acceptors (Lipinski definition) is 5. The quantitative estimate of drug-likeness (QED) is 0.417. The maximum Gasteiger partial charge on any atom is 0.0804 e. The van der Waals surface area contributed by atoms with Gasteiger partial charge in [-0.2, -0.15) is 0 Å². The highest BCUT2D eigenvalue weighted by atomic mass is 16.3. The SMILES string of the molecule is Nc1ccc(NCCO)c(N)c1N. The van der Waals surface area contributed by atoms with Crippen LogP contribution in [-0.2, 0) is 0 Å².